The number of hydrogen-bond donors (Lipinski definition) is 3. The number of methoxy groups -OCH3 is 1. The number of aromatic nitrogens is 2. The summed E-state index contributed by atoms with van der Waals surface area (Å²) in [5.74, 6) is 1.93. The number of aliphatic hydroxyl groups excluding tert-OH is 1. The Labute approximate surface area is 167 Å². The molecule has 0 unspecified atom stereocenters. The topological polar surface area (TPSA) is 79.3 Å². The van der Waals surface area contributed by atoms with E-state index in [4.69, 9.17) is 33.0 Å². The molecular weight excluding hydrogens is 387 g/mol. The first kappa shape index (κ1) is 19.5. The zero-order valence-corrected chi connectivity index (χ0v) is 16.3. The average Bonchev–Trinajstić information content (AvgIpc) is 2.67. The minimum Gasteiger partial charge on any atom is -0.495 e. The van der Waals surface area contributed by atoms with Crippen LogP contribution in [-0.4, -0.2) is 35.6 Å². The molecule has 3 aromatic rings. The van der Waals surface area contributed by atoms with Crippen LogP contribution in [0, 0.1) is 0 Å². The number of aliphatic hydroxyl groups is 1. The molecule has 3 N–H and O–H groups in total. The molecule has 27 heavy (non-hydrogen) atoms. The zero-order valence-electron chi connectivity index (χ0n) is 14.8. The van der Waals surface area contributed by atoms with E-state index in [0.29, 0.717) is 46.9 Å². The Kier molecular flexibility index (Phi) is 6.55. The average molecular weight is 407 g/mol. The number of halogens is 2. The first-order valence-electron chi connectivity index (χ1n) is 8.49. The summed E-state index contributed by atoms with van der Waals surface area (Å²) in [4.78, 5) is 0. The van der Waals surface area contributed by atoms with Crippen LogP contribution in [-0.2, 0) is 6.54 Å². The second kappa shape index (κ2) is 9.08. The zero-order chi connectivity index (χ0) is 19.2. The van der Waals surface area contributed by atoms with Gasteiger partial charge in [0.2, 0.25) is 0 Å². The second-order valence-electron chi connectivity index (χ2n) is 5.91. The SMILES string of the molecule is COc1ccc(CNc2nnc(NCCCO)c3ccc(Cl)cc23)cc1Cl. The predicted molar refractivity (Wildman–Crippen MR) is 110 cm³/mol. The van der Waals surface area contributed by atoms with Gasteiger partial charge in [-0.05, 0) is 42.3 Å². The molecule has 0 aliphatic rings. The molecule has 6 nitrogen and oxygen atoms in total. The fraction of sp³-hybridized carbons (Fsp3) is 0.263. The van der Waals surface area contributed by atoms with Crippen LogP contribution in [0.2, 0.25) is 10.0 Å². The molecule has 0 bridgehead atoms. The van der Waals surface area contributed by atoms with Crippen molar-refractivity contribution in [3.63, 3.8) is 0 Å². The third-order valence-electron chi connectivity index (χ3n) is 4.05. The Morgan fingerprint density at radius 3 is 2.48 bits per heavy atom. The van der Waals surface area contributed by atoms with Crippen LogP contribution >= 0.6 is 23.2 Å². The minimum atomic E-state index is 0.119. The summed E-state index contributed by atoms with van der Waals surface area (Å²) < 4.78 is 5.18. The van der Waals surface area contributed by atoms with E-state index in [1.807, 2.05) is 36.4 Å². The van der Waals surface area contributed by atoms with Crippen LogP contribution in [0.4, 0.5) is 11.6 Å². The van der Waals surface area contributed by atoms with E-state index in [9.17, 15) is 0 Å². The van der Waals surface area contributed by atoms with Crippen molar-refractivity contribution in [2.45, 2.75) is 13.0 Å². The molecule has 0 saturated carbocycles. The van der Waals surface area contributed by atoms with Gasteiger partial charge in [-0.1, -0.05) is 29.3 Å². The lowest BCUT2D eigenvalue weighted by molar-refractivity contribution is 0.292. The van der Waals surface area contributed by atoms with Crippen molar-refractivity contribution in [3.05, 3.63) is 52.0 Å². The third kappa shape index (κ3) is 4.71. The lowest BCUT2D eigenvalue weighted by Crippen LogP contribution is -2.09. The van der Waals surface area contributed by atoms with Crippen LogP contribution in [0.15, 0.2) is 36.4 Å². The predicted octanol–water partition coefficient (Wildman–Crippen LogP) is 4.35. The lowest BCUT2D eigenvalue weighted by Gasteiger charge is -2.13. The number of anilines is 2. The molecule has 0 fully saturated rings. The number of nitrogens with zero attached hydrogens (tertiary/aromatic N) is 2. The highest BCUT2D eigenvalue weighted by atomic mass is 35.5. The number of fused-ring (bicyclic) bond motifs is 1. The van der Waals surface area contributed by atoms with Crippen LogP contribution in [0.1, 0.15) is 12.0 Å². The third-order valence-corrected chi connectivity index (χ3v) is 4.58. The quantitative estimate of drug-likeness (QED) is 0.482. The van der Waals surface area contributed by atoms with E-state index < -0.39 is 0 Å². The molecule has 1 aromatic heterocycles. The molecule has 0 spiro atoms. The molecule has 0 atom stereocenters. The van der Waals surface area contributed by atoms with Crippen molar-refractivity contribution in [2.75, 3.05) is 30.9 Å². The first-order valence-corrected chi connectivity index (χ1v) is 9.25. The number of hydrogen-bond acceptors (Lipinski definition) is 6. The largest absolute Gasteiger partial charge is 0.495 e. The second-order valence-corrected chi connectivity index (χ2v) is 6.76. The van der Waals surface area contributed by atoms with E-state index in [0.717, 1.165) is 16.3 Å². The van der Waals surface area contributed by atoms with Gasteiger partial charge in [0.25, 0.3) is 0 Å². The summed E-state index contributed by atoms with van der Waals surface area (Å²) in [6.45, 7) is 1.26. The molecular formula is C19H20Cl2N4O2. The summed E-state index contributed by atoms with van der Waals surface area (Å²) in [6, 6.07) is 11.2. The normalized spacial score (nSPS) is 10.8. The Balaban J connectivity index is 1.84. The number of ether oxygens (including phenoxy) is 1. The lowest BCUT2D eigenvalue weighted by atomic mass is 10.1. The number of nitrogens with one attached hydrogen (secondary N) is 2. The van der Waals surface area contributed by atoms with Gasteiger partial charge in [-0.25, -0.2) is 0 Å². The highest BCUT2D eigenvalue weighted by Crippen LogP contribution is 2.30. The van der Waals surface area contributed by atoms with Crippen LogP contribution < -0.4 is 15.4 Å². The van der Waals surface area contributed by atoms with E-state index in [1.165, 1.54) is 0 Å². The maximum atomic E-state index is 8.95. The standard InChI is InChI=1S/C19H20Cl2N4O2/c1-27-17-6-3-12(9-16(17)21)11-23-19-15-10-13(20)4-5-14(15)18(24-25-19)22-7-2-8-26/h3-6,9-10,26H,2,7-8,11H2,1H3,(H,22,24)(H,23,25). The number of benzene rings is 2. The smallest absolute Gasteiger partial charge is 0.157 e. The molecule has 2 aromatic carbocycles. The Morgan fingerprint density at radius 2 is 1.78 bits per heavy atom. The van der Waals surface area contributed by atoms with Gasteiger partial charge in [-0.15, -0.1) is 10.2 Å². The molecule has 8 heteroatoms. The first-order chi connectivity index (χ1) is 13.1. The van der Waals surface area contributed by atoms with Crippen molar-refractivity contribution in [1.82, 2.24) is 10.2 Å². The van der Waals surface area contributed by atoms with Crippen molar-refractivity contribution in [3.8, 4) is 5.75 Å². The molecule has 3 rings (SSSR count). The van der Waals surface area contributed by atoms with Crippen molar-refractivity contribution in [1.29, 1.82) is 0 Å². The summed E-state index contributed by atoms with van der Waals surface area (Å²) >= 11 is 12.4. The Morgan fingerprint density at radius 1 is 1.00 bits per heavy atom. The molecule has 0 saturated heterocycles. The fourth-order valence-electron chi connectivity index (χ4n) is 2.68. The van der Waals surface area contributed by atoms with Gasteiger partial charge in [0.05, 0.1) is 12.1 Å². The molecule has 0 amide bonds. The number of rotatable bonds is 8. The summed E-state index contributed by atoms with van der Waals surface area (Å²) in [6.07, 6.45) is 0.634. The van der Waals surface area contributed by atoms with Gasteiger partial charge in [0, 0.05) is 35.5 Å². The molecule has 0 aliphatic heterocycles. The van der Waals surface area contributed by atoms with Crippen LogP contribution in [0.25, 0.3) is 10.8 Å². The highest BCUT2D eigenvalue weighted by Gasteiger charge is 2.10. The summed E-state index contributed by atoms with van der Waals surface area (Å²) in [5, 5.41) is 26.9. The van der Waals surface area contributed by atoms with Gasteiger partial charge < -0.3 is 20.5 Å². The van der Waals surface area contributed by atoms with E-state index in [1.54, 1.807) is 7.11 Å². The van der Waals surface area contributed by atoms with Gasteiger partial charge in [0.1, 0.15) is 5.75 Å². The fourth-order valence-corrected chi connectivity index (χ4v) is 3.13. The molecule has 1 heterocycles. The highest BCUT2D eigenvalue weighted by molar-refractivity contribution is 6.32. The van der Waals surface area contributed by atoms with Gasteiger partial charge in [-0.2, -0.15) is 0 Å². The van der Waals surface area contributed by atoms with Gasteiger partial charge >= 0.3 is 0 Å². The molecule has 0 radical (unpaired) electrons. The van der Waals surface area contributed by atoms with Gasteiger partial charge in [0.15, 0.2) is 11.6 Å². The Hall–Kier alpha value is -2.28. The molecule has 0 aliphatic carbocycles. The van der Waals surface area contributed by atoms with Crippen molar-refractivity contribution in [2.24, 2.45) is 0 Å². The molecule has 142 valence electrons. The van der Waals surface area contributed by atoms with E-state index >= 15 is 0 Å². The summed E-state index contributed by atoms with van der Waals surface area (Å²) in [5.41, 5.74) is 0.989. The van der Waals surface area contributed by atoms with Crippen LogP contribution in [0.5, 0.6) is 5.75 Å². The maximum Gasteiger partial charge on any atom is 0.157 e. The summed E-state index contributed by atoms with van der Waals surface area (Å²) in [7, 11) is 1.58. The van der Waals surface area contributed by atoms with E-state index in [2.05, 4.69) is 20.8 Å². The monoisotopic (exact) mass is 406 g/mol. The van der Waals surface area contributed by atoms with Crippen LogP contribution in [0.3, 0.4) is 0 Å². The van der Waals surface area contributed by atoms with Crippen molar-refractivity contribution < 1.29 is 9.84 Å². The maximum absolute atomic E-state index is 8.95. The van der Waals surface area contributed by atoms with E-state index in [-0.39, 0.29) is 6.61 Å². The van der Waals surface area contributed by atoms with Gasteiger partial charge in [-0.3, -0.25) is 0 Å². The van der Waals surface area contributed by atoms with Crippen molar-refractivity contribution >= 4 is 45.6 Å². The minimum absolute atomic E-state index is 0.119. The Bertz CT molecular complexity index is 937.